The number of amides is 2. The summed E-state index contributed by atoms with van der Waals surface area (Å²) in [5.41, 5.74) is 4.34. The van der Waals surface area contributed by atoms with Crippen molar-refractivity contribution in [1.29, 1.82) is 0 Å². The van der Waals surface area contributed by atoms with E-state index in [1.165, 1.54) is 5.56 Å². The van der Waals surface area contributed by atoms with Crippen molar-refractivity contribution in [3.8, 4) is 0 Å². The number of halogens is 1. The Morgan fingerprint density at radius 3 is 2.65 bits per heavy atom. The number of fused-ring (bicyclic) bond motifs is 2. The van der Waals surface area contributed by atoms with Crippen molar-refractivity contribution in [1.82, 2.24) is 20.9 Å². The number of benzene rings is 2. The molecule has 0 spiro atoms. The maximum Gasteiger partial charge on any atom is 0.243 e. The molecule has 0 fully saturated rings. The first-order valence-electron chi connectivity index (χ1n) is 11.1. The Bertz CT molecular complexity index is 1270. The average molecular weight is 479 g/mol. The summed E-state index contributed by atoms with van der Waals surface area (Å²) in [4.78, 5) is 29.5. The molecule has 8 heteroatoms. The number of nitrogens with one attached hydrogen (secondary N) is 4. The summed E-state index contributed by atoms with van der Waals surface area (Å²) in [5, 5.41) is 10.2. The van der Waals surface area contributed by atoms with Gasteiger partial charge in [-0.2, -0.15) is 0 Å². The molecule has 0 saturated carbocycles. The van der Waals surface area contributed by atoms with Gasteiger partial charge in [-0.15, -0.1) is 12.4 Å². The fraction of sp³-hybridized carbons (Fsp3) is 0.231. The van der Waals surface area contributed by atoms with Crippen LogP contribution in [0.15, 0.2) is 77.5 Å². The number of aromatic amines is 1. The van der Waals surface area contributed by atoms with Gasteiger partial charge in [-0.05, 0) is 41.3 Å². The molecular weight excluding hydrogens is 452 g/mol. The number of hydrogen-bond acceptors (Lipinski definition) is 4. The third-order valence-electron chi connectivity index (χ3n) is 6.15. The van der Waals surface area contributed by atoms with Crippen molar-refractivity contribution < 1.29 is 14.0 Å². The number of hydrogen-bond donors (Lipinski definition) is 4. The van der Waals surface area contributed by atoms with Gasteiger partial charge in [0.1, 0.15) is 11.8 Å². The molecule has 176 valence electrons. The quantitative estimate of drug-likeness (QED) is 0.327. The summed E-state index contributed by atoms with van der Waals surface area (Å²) >= 11 is 0. The molecule has 5 rings (SSSR count). The van der Waals surface area contributed by atoms with Gasteiger partial charge in [0, 0.05) is 30.1 Å². The lowest BCUT2D eigenvalue weighted by Gasteiger charge is -2.27. The average Bonchev–Trinajstić information content (AvgIpc) is 3.52. The van der Waals surface area contributed by atoms with Gasteiger partial charge in [0.05, 0.1) is 18.8 Å². The molecular formula is C26H27ClN4O3. The first-order valence-corrected chi connectivity index (χ1v) is 11.1. The summed E-state index contributed by atoms with van der Waals surface area (Å²) in [7, 11) is 0. The highest BCUT2D eigenvalue weighted by Crippen LogP contribution is 2.20. The lowest BCUT2D eigenvalue weighted by atomic mass is 9.95. The zero-order valence-electron chi connectivity index (χ0n) is 18.5. The Hall–Kier alpha value is -3.55. The number of carbonyl (C=O) groups is 2. The number of carbonyl (C=O) groups excluding carboxylic acids is 2. The molecule has 4 aromatic rings. The van der Waals surface area contributed by atoms with E-state index in [0.717, 1.165) is 22.0 Å². The fourth-order valence-electron chi connectivity index (χ4n) is 4.35. The lowest BCUT2D eigenvalue weighted by molar-refractivity contribution is -0.130. The van der Waals surface area contributed by atoms with E-state index in [1.54, 1.807) is 18.4 Å². The van der Waals surface area contributed by atoms with Crippen molar-refractivity contribution in [2.24, 2.45) is 0 Å². The lowest BCUT2D eigenvalue weighted by Crippen LogP contribution is -2.54. The summed E-state index contributed by atoms with van der Waals surface area (Å²) in [6, 6.07) is 18.5. The number of H-pyrrole nitrogens is 1. The summed E-state index contributed by atoms with van der Waals surface area (Å²) in [5.74, 6) is 0.231. The predicted octanol–water partition coefficient (Wildman–Crippen LogP) is 3.24. The van der Waals surface area contributed by atoms with Crippen LogP contribution in [0.1, 0.15) is 22.5 Å². The highest BCUT2D eigenvalue weighted by molar-refractivity contribution is 5.91. The van der Waals surface area contributed by atoms with E-state index >= 15 is 0 Å². The van der Waals surface area contributed by atoms with E-state index in [0.29, 0.717) is 25.1 Å². The summed E-state index contributed by atoms with van der Waals surface area (Å²) in [6.07, 6.45) is 4.44. The van der Waals surface area contributed by atoms with Crippen molar-refractivity contribution in [2.45, 2.75) is 38.0 Å². The van der Waals surface area contributed by atoms with Gasteiger partial charge in [-0.3, -0.25) is 9.59 Å². The molecule has 2 aromatic carbocycles. The van der Waals surface area contributed by atoms with Crippen LogP contribution in [0.5, 0.6) is 0 Å². The zero-order chi connectivity index (χ0) is 22.6. The largest absolute Gasteiger partial charge is 0.467 e. The predicted molar refractivity (Wildman–Crippen MR) is 133 cm³/mol. The number of rotatable bonds is 7. The topological polar surface area (TPSA) is 99.2 Å². The molecule has 2 amide bonds. The van der Waals surface area contributed by atoms with Gasteiger partial charge in [-0.25, -0.2) is 0 Å². The molecule has 1 aliphatic heterocycles. The van der Waals surface area contributed by atoms with E-state index in [4.69, 9.17) is 4.42 Å². The fourth-order valence-corrected chi connectivity index (χ4v) is 4.35. The van der Waals surface area contributed by atoms with Crippen LogP contribution in [-0.2, 0) is 35.5 Å². The Balaban J connectivity index is 0.00000274. The molecule has 2 atom stereocenters. The maximum atomic E-state index is 13.2. The van der Waals surface area contributed by atoms with E-state index in [-0.39, 0.29) is 36.8 Å². The van der Waals surface area contributed by atoms with Crippen LogP contribution in [0.2, 0.25) is 0 Å². The third-order valence-corrected chi connectivity index (χ3v) is 6.15. The monoisotopic (exact) mass is 478 g/mol. The molecule has 0 bridgehead atoms. The van der Waals surface area contributed by atoms with E-state index < -0.39 is 6.04 Å². The van der Waals surface area contributed by atoms with Crippen molar-refractivity contribution in [3.63, 3.8) is 0 Å². The van der Waals surface area contributed by atoms with Crippen LogP contribution >= 0.6 is 12.4 Å². The van der Waals surface area contributed by atoms with E-state index in [9.17, 15) is 9.59 Å². The Labute approximate surface area is 203 Å². The molecule has 1 aliphatic rings. The number of aromatic nitrogens is 1. The second-order valence-electron chi connectivity index (χ2n) is 8.33. The van der Waals surface area contributed by atoms with Gasteiger partial charge in [0.2, 0.25) is 11.8 Å². The highest BCUT2D eigenvalue weighted by atomic mass is 35.5. The molecule has 0 aliphatic carbocycles. The standard InChI is InChI=1S/C26H26N4O3.ClH/c31-25(29-16-20-8-5-11-33-20)24(13-19-15-27-22-10-4-3-9-21(19)22)30-26(32)23-12-17-6-1-2-7-18(17)14-28-23;/h1-11,15,23-24,27-28H,12-14,16H2,(H,29,31)(H,30,32);1H/t23-,24-;/m0./s1. The molecule has 2 aromatic heterocycles. The molecule has 7 nitrogen and oxygen atoms in total. The first kappa shape index (κ1) is 23.6. The van der Waals surface area contributed by atoms with E-state index in [1.807, 2.05) is 42.6 Å². The first-order chi connectivity index (χ1) is 16.2. The van der Waals surface area contributed by atoms with Gasteiger partial charge in [0.15, 0.2) is 0 Å². The normalized spacial score (nSPS) is 15.7. The van der Waals surface area contributed by atoms with Crippen molar-refractivity contribution >= 4 is 35.1 Å². The van der Waals surface area contributed by atoms with Gasteiger partial charge in [-0.1, -0.05) is 42.5 Å². The smallest absolute Gasteiger partial charge is 0.243 e. The minimum absolute atomic E-state index is 0. The number of furan rings is 1. The minimum atomic E-state index is -0.717. The van der Waals surface area contributed by atoms with Crippen LogP contribution in [0.25, 0.3) is 10.9 Å². The second kappa shape index (κ2) is 10.6. The minimum Gasteiger partial charge on any atom is -0.467 e. The molecule has 0 saturated heterocycles. The molecule has 34 heavy (non-hydrogen) atoms. The number of para-hydroxylation sites is 1. The molecule has 3 heterocycles. The van der Waals surface area contributed by atoms with Crippen LogP contribution in [0.3, 0.4) is 0 Å². The Kier molecular flexibility index (Phi) is 7.35. The van der Waals surface area contributed by atoms with Crippen LogP contribution in [-0.4, -0.2) is 28.9 Å². The van der Waals surface area contributed by atoms with E-state index in [2.05, 4.69) is 33.1 Å². The van der Waals surface area contributed by atoms with Crippen molar-refractivity contribution in [3.05, 3.63) is 95.6 Å². The Morgan fingerprint density at radius 1 is 1.03 bits per heavy atom. The maximum absolute atomic E-state index is 13.2. The van der Waals surface area contributed by atoms with Gasteiger partial charge in [0.25, 0.3) is 0 Å². The second-order valence-corrected chi connectivity index (χ2v) is 8.33. The highest BCUT2D eigenvalue weighted by Gasteiger charge is 2.29. The van der Waals surface area contributed by atoms with Gasteiger partial charge < -0.3 is 25.4 Å². The zero-order valence-corrected chi connectivity index (χ0v) is 19.4. The molecule has 0 radical (unpaired) electrons. The van der Waals surface area contributed by atoms with Crippen LogP contribution in [0, 0.1) is 0 Å². The Morgan fingerprint density at radius 2 is 1.82 bits per heavy atom. The molecule has 4 N–H and O–H groups in total. The van der Waals surface area contributed by atoms with Gasteiger partial charge >= 0.3 is 0 Å². The SMILES string of the molecule is Cl.O=C(N[C@@H](Cc1c[nH]c2ccccc12)C(=O)NCc1ccco1)[C@@H]1Cc2ccccc2CN1. The summed E-state index contributed by atoms with van der Waals surface area (Å²) in [6.45, 7) is 0.896. The van der Waals surface area contributed by atoms with Crippen molar-refractivity contribution in [2.75, 3.05) is 0 Å². The third kappa shape index (κ3) is 5.16. The molecule has 0 unspecified atom stereocenters. The summed E-state index contributed by atoms with van der Waals surface area (Å²) < 4.78 is 5.32. The van der Waals surface area contributed by atoms with Crippen LogP contribution in [0.4, 0.5) is 0 Å². The van der Waals surface area contributed by atoms with Crippen LogP contribution < -0.4 is 16.0 Å².